The Balaban J connectivity index is 0. The zero-order chi connectivity index (χ0) is 9.11. The molecular weight excluding hydrogens is 138 g/mol. The Morgan fingerprint density at radius 1 is 1.36 bits per heavy atom. The largest absolute Gasteiger partial charge is 0.320 e. The molecule has 0 aliphatic rings. The SMILES string of the molecule is CCC.CNCCCC(C)=O. The van der Waals surface area contributed by atoms with Crippen LogP contribution in [0.25, 0.3) is 0 Å². The molecular formula is C9H21NO. The summed E-state index contributed by atoms with van der Waals surface area (Å²) in [5.74, 6) is 0.278. The van der Waals surface area contributed by atoms with Gasteiger partial charge >= 0.3 is 0 Å². The summed E-state index contributed by atoms with van der Waals surface area (Å²) in [7, 11) is 1.89. The molecule has 0 rings (SSSR count). The first-order valence-corrected chi connectivity index (χ1v) is 4.33. The third-order valence-electron chi connectivity index (χ3n) is 0.956. The van der Waals surface area contributed by atoms with Crippen LogP contribution in [0, 0.1) is 0 Å². The summed E-state index contributed by atoms with van der Waals surface area (Å²) in [5, 5.41) is 2.97. The number of hydrogen-bond acceptors (Lipinski definition) is 2. The molecule has 2 nitrogen and oxygen atoms in total. The summed E-state index contributed by atoms with van der Waals surface area (Å²) < 4.78 is 0. The molecule has 0 saturated heterocycles. The number of carbonyl (C=O) groups excluding carboxylic acids is 1. The van der Waals surface area contributed by atoms with Gasteiger partial charge in [-0.1, -0.05) is 20.3 Å². The van der Waals surface area contributed by atoms with Gasteiger partial charge in [0.1, 0.15) is 5.78 Å². The second kappa shape index (κ2) is 12.3. The Labute approximate surface area is 70.4 Å². The maximum absolute atomic E-state index is 10.3. The molecule has 0 saturated carbocycles. The quantitative estimate of drug-likeness (QED) is 0.636. The highest BCUT2D eigenvalue weighted by Crippen LogP contribution is 1.85. The summed E-state index contributed by atoms with van der Waals surface area (Å²) in [6.45, 7) is 6.81. The minimum atomic E-state index is 0.278. The van der Waals surface area contributed by atoms with Crippen molar-refractivity contribution >= 4 is 5.78 Å². The molecule has 0 radical (unpaired) electrons. The van der Waals surface area contributed by atoms with Crippen molar-refractivity contribution < 1.29 is 4.79 Å². The maximum atomic E-state index is 10.3. The maximum Gasteiger partial charge on any atom is 0.129 e. The molecule has 0 unspecified atom stereocenters. The van der Waals surface area contributed by atoms with Gasteiger partial charge in [0.2, 0.25) is 0 Å². The molecule has 0 fully saturated rings. The van der Waals surface area contributed by atoms with E-state index in [1.54, 1.807) is 6.92 Å². The van der Waals surface area contributed by atoms with Crippen molar-refractivity contribution in [2.45, 2.75) is 40.0 Å². The molecule has 0 heterocycles. The Kier molecular flexibility index (Phi) is 14.8. The molecule has 11 heavy (non-hydrogen) atoms. The summed E-state index contributed by atoms with van der Waals surface area (Å²) in [5.41, 5.74) is 0. The Morgan fingerprint density at radius 2 is 1.82 bits per heavy atom. The van der Waals surface area contributed by atoms with Gasteiger partial charge in [0.05, 0.1) is 0 Å². The predicted molar refractivity (Wildman–Crippen MR) is 49.8 cm³/mol. The number of rotatable bonds is 4. The molecule has 68 valence electrons. The third-order valence-corrected chi connectivity index (χ3v) is 0.956. The number of nitrogens with one attached hydrogen (secondary N) is 1. The van der Waals surface area contributed by atoms with E-state index in [1.165, 1.54) is 6.42 Å². The van der Waals surface area contributed by atoms with Crippen molar-refractivity contribution in [1.29, 1.82) is 0 Å². The van der Waals surface area contributed by atoms with Crippen molar-refractivity contribution in [3.05, 3.63) is 0 Å². The van der Waals surface area contributed by atoms with Gasteiger partial charge in [-0.2, -0.15) is 0 Å². The lowest BCUT2D eigenvalue weighted by Gasteiger charge is -1.93. The number of Topliss-reactive ketones (excluding diaryl/α,β-unsaturated/α-hetero) is 1. The molecule has 0 aliphatic heterocycles. The Bertz CT molecular complexity index is 81.6. The lowest BCUT2D eigenvalue weighted by molar-refractivity contribution is -0.117. The van der Waals surface area contributed by atoms with Crippen LogP contribution in [0.4, 0.5) is 0 Å². The van der Waals surface area contributed by atoms with E-state index in [4.69, 9.17) is 0 Å². The first-order chi connectivity index (χ1) is 5.18. The lowest BCUT2D eigenvalue weighted by atomic mass is 10.2. The third kappa shape index (κ3) is 26.2. The highest BCUT2D eigenvalue weighted by Gasteiger charge is 1.89. The highest BCUT2D eigenvalue weighted by molar-refractivity contribution is 5.75. The van der Waals surface area contributed by atoms with Gasteiger partial charge in [-0.3, -0.25) is 0 Å². The first kappa shape index (κ1) is 13.2. The lowest BCUT2D eigenvalue weighted by Crippen LogP contribution is -2.08. The summed E-state index contributed by atoms with van der Waals surface area (Å²) in [4.78, 5) is 10.3. The fraction of sp³-hybridized carbons (Fsp3) is 0.889. The first-order valence-electron chi connectivity index (χ1n) is 4.33. The van der Waals surface area contributed by atoms with E-state index < -0.39 is 0 Å². The molecule has 0 aromatic rings. The van der Waals surface area contributed by atoms with Crippen LogP contribution in [-0.4, -0.2) is 19.4 Å². The topological polar surface area (TPSA) is 29.1 Å². The minimum Gasteiger partial charge on any atom is -0.320 e. The van der Waals surface area contributed by atoms with E-state index in [1.807, 2.05) is 7.05 Å². The monoisotopic (exact) mass is 159 g/mol. The molecule has 0 aliphatic carbocycles. The average molecular weight is 159 g/mol. The van der Waals surface area contributed by atoms with Crippen molar-refractivity contribution in [2.75, 3.05) is 13.6 Å². The van der Waals surface area contributed by atoms with E-state index >= 15 is 0 Å². The fourth-order valence-electron chi connectivity index (χ4n) is 0.514. The molecule has 0 bridgehead atoms. The van der Waals surface area contributed by atoms with Crippen LogP contribution in [0.5, 0.6) is 0 Å². The van der Waals surface area contributed by atoms with Crippen molar-refractivity contribution in [1.82, 2.24) is 5.32 Å². The number of hydrogen-bond donors (Lipinski definition) is 1. The van der Waals surface area contributed by atoms with Gasteiger partial charge < -0.3 is 10.1 Å². The Hall–Kier alpha value is -0.370. The minimum absolute atomic E-state index is 0.278. The van der Waals surface area contributed by atoms with Gasteiger partial charge in [-0.25, -0.2) is 0 Å². The van der Waals surface area contributed by atoms with E-state index in [-0.39, 0.29) is 5.78 Å². The van der Waals surface area contributed by atoms with Gasteiger partial charge in [0, 0.05) is 6.42 Å². The molecule has 1 N–H and O–H groups in total. The predicted octanol–water partition coefficient (Wildman–Crippen LogP) is 1.99. The van der Waals surface area contributed by atoms with Crippen molar-refractivity contribution in [2.24, 2.45) is 0 Å². The molecule has 2 heteroatoms. The second-order valence-corrected chi connectivity index (χ2v) is 2.62. The van der Waals surface area contributed by atoms with Crippen LogP contribution < -0.4 is 5.32 Å². The van der Waals surface area contributed by atoms with Crippen LogP contribution in [0.3, 0.4) is 0 Å². The fourth-order valence-corrected chi connectivity index (χ4v) is 0.514. The average Bonchev–Trinajstić information content (AvgIpc) is 1.89. The van der Waals surface area contributed by atoms with Crippen molar-refractivity contribution in [3.63, 3.8) is 0 Å². The van der Waals surface area contributed by atoms with Crippen LogP contribution >= 0.6 is 0 Å². The van der Waals surface area contributed by atoms with Gasteiger partial charge in [0.15, 0.2) is 0 Å². The highest BCUT2D eigenvalue weighted by atomic mass is 16.1. The molecule has 0 aromatic heterocycles. The van der Waals surface area contributed by atoms with Gasteiger partial charge in [0.25, 0.3) is 0 Å². The van der Waals surface area contributed by atoms with E-state index in [2.05, 4.69) is 19.2 Å². The molecule has 0 spiro atoms. The number of carbonyl (C=O) groups is 1. The smallest absolute Gasteiger partial charge is 0.129 e. The van der Waals surface area contributed by atoms with Crippen LogP contribution in [0.1, 0.15) is 40.0 Å². The second-order valence-electron chi connectivity index (χ2n) is 2.62. The normalized spacial score (nSPS) is 8.36. The Morgan fingerprint density at radius 3 is 2.09 bits per heavy atom. The summed E-state index contributed by atoms with van der Waals surface area (Å²) in [6.07, 6.45) is 2.92. The summed E-state index contributed by atoms with van der Waals surface area (Å²) in [6, 6.07) is 0. The zero-order valence-electron chi connectivity index (χ0n) is 8.24. The van der Waals surface area contributed by atoms with E-state index in [9.17, 15) is 4.79 Å². The van der Waals surface area contributed by atoms with Gasteiger partial charge in [-0.05, 0) is 26.9 Å². The van der Waals surface area contributed by atoms with E-state index in [0.29, 0.717) is 6.42 Å². The van der Waals surface area contributed by atoms with Crippen molar-refractivity contribution in [3.8, 4) is 0 Å². The number of ketones is 1. The zero-order valence-corrected chi connectivity index (χ0v) is 8.24. The van der Waals surface area contributed by atoms with Crippen LogP contribution in [0.2, 0.25) is 0 Å². The standard InChI is InChI=1S/C6H13NO.C3H8/c1-6(8)4-3-5-7-2;1-3-2/h7H,3-5H2,1-2H3;3H2,1-2H3. The van der Waals surface area contributed by atoms with Crippen LogP contribution in [0.15, 0.2) is 0 Å². The van der Waals surface area contributed by atoms with E-state index in [0.717, 1.165) is 13.0 Å². The molecule has 0 amide bonds. The molecule has 0 aromatic carbocycles. The van der Waals surface area contributed by atoms with Gasteiger partial charge in [-0.15, -0.1) is 0 Å². The molecule has 0 atom stereocenters. The summed E-state index contributed by atoms with van der Waals surface area (Å²) >= 11 is 0. The van der Waals surface area contributed by atoms with Crippen LogP contribution in [-0.2, 0) is 4.79 Å².